The molecule has 0 radical (unpaired) electrons. The normalized spacial score (nSPS) is 16.3. The first kappa shape index (κ1) is 19.7. The van der Waals surface area contributed by atoms with Gasteiger partial charge in [0.05, 0.1) is 5.39 Å². The van der Waals surface area contributed by atoms with Crippen LogP contribution in [-0.2, 0) is 12.8 Å². The molecule has 166 valence electrons. The molecule has 6 aromatic rings. The molecular weight excluding hydrogens is 416 g/mol. The summed E-state index contributed by atoms with van der Waals surface area (Å²) in [5.41, 5.74) is 7.63. The summed E-state index contributed by atoms with van der Waals surface area (Å²) < 4.78 is 12.7. The topological polar surface area (TPSA) is 26.3 Å². The standard InChI is InChI=1S/C32H26O2/c1-3-7-21(8-4-1)17-23-11-14-28-26(19-23)25-13-16-30-31(32(25)34-28)27-20-24(12-15-29(27)33-30)18-22-9-5-2-6-10-22/h2-3,5-7,9-16,19-21H,1,4,8,17-18H2. The van der Waals surface area contributed by atoms with Crippen molar-refractivity contribution in [2.75, 3.05) is 0 Å². The molecule has 2 heteroatoms. The van der Waals surface area contributed by atoms with Gasteiger partial charge in [-0.15, -0.1) is 0 Å². The Morgan fingerprint density at radius 3 is 2.32 bits per heavy atom. The van der Waals surface area contributed by atoms with Crippen molar-refractivity contribution < 1.29 is 8.83 Å². The van der Waals surface area contributed by atoms with Crippen LogP contribution in [0.4, 0.5) is 0 Å². The van der Waals surface area contributed by atoms with E-state index in [1.807, 2.05) is 0 Å². The predicted octanol–water partition coefficient (Wildman–Crippen LogP) is 8.97. The van der Waals surface area contributed by atoms with Crippen molar-refractivity contribution in [3.8, 4) is 0 Å². The number of hydrogen-bond acceptors (Lipinski definition) is 2. The second-order valence-electron chi connectivity index (χ2n) is 9.67. The van der Waals surface area contributed by atoms with Crippen LogP contribution in [0.25, 0.3) is 43.9 Å². The Hall–Kier alpha value is -3.78. The summed E-state index contributed by atoms with van der Waals surface area (Å²) in [6, 6.07) is 28.1. The van der Waals surface area contributed by atoms with Crippen LogP contribution >= 0.6 is 0 Å². The molecule has 0 N–H and O–H groups in total. The van der Waals surface area contributed by atoms with Crippen LogP contribution in [0.3, 0.4) is 0 Å². The maximum Gasteiger partial charge on any atom is 0.147 e. The van der Waals surface area contributed by atoms with E-state index in [9.17, 15) is 0 Å². The maximum atomic E-state index is 6.46. The highest BCUT2D eigenvalue weighted by molar-refractivity contribution is 6.22. The SMILES string of the molecule is C1=CC(Cc2ccc3oc4c(ccc5oc6ccc(Cc7ccccc7)cc6c54)c3c2)CCC1. The van der Waals surface area contributed by atoms with Crippen molar-refractivity contribution in [2.45, 2.75) is 32.1 Å². The Morgan fingerprint density at radius 1 is 0.676 bits per heavy atom. The molecule has 0 saturated carbocycles. The fraction of sp³-hybridized carbons (Fsp3) is 0.188. The third kappa shape index (κ3) is 3.33. The second kappa shape index (κ2) is 7.92. The Balaban J connectivity index is 1.36. The van der Waals surface area contributed by atoms with Crippen LogP contribution in [0.5, 0.6) is 0 Å². The molecule has 7 rings (SSSR count). The molecule has 1 aliphatic rings. The highest BCUT2D eigenvalue weighted by Gasteiger charge is 2.17. The molecule has 1 aliphatic carbocycles. The molecule has 34 heavy (non-hydrogen) atoms. The molecule has 0 aliphatic heterocycles. The fourth-order valence-electron chi connectivity index (χ4n) is 5.61. The van der Waals surface area contributed by atoms with E-state index in [2.05, 4.69) is 91.0 Å². The van der Waals surface area contributed by atoms with Crippen LogP contribution in [0.15, 0.2) is 99.8 Å². The molecule has 1 atom stereocenters. The molecule has 0 saturated heterocycles. The van der Waals surface area contributed by atoms with Crippen LogP contribution in [0.1, 0.15) is 36.0 Å². The number of hydrogen-bond donors (Lipinski definition) is 0. The Labute approximate surface area is 198 Å². The van der Waals surface area contributed by atoms with Crippen LogP contribution in [0, 0.1) is 5.92 Å². The number of allylic oxidation sites excluding steroid dienone is 2. The highest BCUT2D eigenvalue weighted by Crippen LogP contribution is 2.40. The van der Waals surface area contributed by atoms with Crippen molar-refractivity contribution in [3.63, 3.8) is 0 Å². The van der Waals surface area contributed by atoms with Crippen molar-refractivity contribution in [1.29, 1.82) is 0 Å². The first-order chi connectivity index (χ1) is 16.8. The average molecular weight is 443 g/mol. The van der Waals surface area contributed by atoms with Gasteiger partial charge in [0.1, 0.15) is 22.3 Å². The lowest BCUT2D eigenvalue weighted by Crippen LogP contribution is -2.04. The largest absolute Gasteiger partial charge is 0.456 e. The zero-order valence-corrected chi connectivity index (χ0v) is 19.1. The predicted molar refractivity (Wildman–Crippen MR) is 140 cm³/mol. The summed E-state index contributed by atoms with van der Waals surface area (Å²) in [7, 11) is 0. The van der Waals surface area contributed by atoms with Crippen LogP contribution in [-0.4, -0.2) is 0 Å². The minimum Gasteiger partial charge on any atom is -0.456 e. The van der Waals surface area contributed by atoms with E-state index >= 15 is 0 Å². The summed E-state index contributed by atoms with van der Waals surface area (Å²) in [5.74, 6) is 0.650. The zero-order chi connectivity index (χ0) is 22.5. The minimum absolute atomic E-state index is 0.650. The van der Waals surface area contributed by atoms with Crippen LogP contribution < -0.4 is 0 Å². The van der Waals surface area contributed by atoms with E-state index in [0.717, 1.165) is 45.9 Å². The van der Waals surface area contributed by atoms with Gasteiger partial charge in [-0.1, -0.05) is 54.6 Å². The van der Waals surface area contributed by atoms with E-state index in [1.165, 1.54) is 46.7 Å². The number of furan rings is 2. The summed E-state index contributed by atoms with van der Waals surface area (Å²) in [4.78, 5) is 0. The quantitative estimate of drug-likeness (QED) is 0.255. The first-order valence-corrected chi connectivity index (χ1v) is 12.3. The molecule has 0 spiro atoms. The molecule has 2 aromatic heterocycles. The lowest BCUT2D eigenvalue weighted by molar-refractivity contribution is 0.539. The Bertz CT molecular complexity index is 1680. The summed E-state index contributed by atoms with van der Waals surface area (Å²) in [5, 5.41) is 4.57. The molecule has 2 nitrogen and oxygen atoms in total. The Kier molecular flexibility index (Phi) is 4.58. The third-order valence-corrected chi connectivity index (χ3v) is 7.30. The van der Waals surface area contributed by atoms with Gasteiger partial charge in [0.25, 0.3) is 0 Å². The Morgan fingerprint density at radius 2 is 1.47 bits per heavy atom. The third-order valence-electron chi connectivity index (χ3n) is 7.30. The molecule has 4 aromatic carbocycles. The van der Waals surface area contributed by atoms with Crippen molar-refractivity contribution >= 4 is 43.9 Å². The monoisotopic (exact) mass is 442 g/mol. The van der Waals surface area contributed by atoms with Crippen molar-refractivity contribution in [1.82, 2.24) is 0 Å². The average Bonchev–Trinajstić information content (AvgIpc) is 3.43. The van der Waals surface area contributed by atoms with Crippen molar-refractivity contribution in [3.05, 3.63) is 108 Å². The van der Waals surface area contributed by atoms with Gasteiger partial charge >= 0.3 is 0 Å². The van der Waals surface area contributed by atoms with Gasteiger partial charge in [0, 0.05) is 16.2 Å². The summed E-state index contributed by atoms with van der Waals surface area (Å²) in [6.45, 7) is 0. The van der Waals surface area contributed by atoms with E-state index < -0.39 is 0 Å². The van der Waals surface area contributed by atoms with Crippen LogP contribution in [0.2, 0.25) is 0 Å². The van der Waals surface area contributed by atoms with E-state index in [-0.39, 0.29) is 0 Å². The number of benzene rings is 4. The molecule has 0 fully saturated rings. The summed E-state index contributed by atoms with van der Waals surface area (Å²) >= 11 is 0. The van der Waals surface area contributed by atoms with Gasteiger partial charge in [0.15, 0.2) is 0 Å². The highest BCUT2D eigenvalue weighted by atomic mass is 16.3. The van der Waals surface area contributed by atoms with E-state index in [0.29, 0.717) is 5.92 Å². The second-order valence-corrected chi connectivity index (χ2v) is 9.67. The molecule has 2 heterocycles. The summed E-state index contributed by atoms with van der Waals surface area (Å²) in [6.07, 6.45) is 10.5. The van der Waals surface area contributed by atoms with Crippen molar-refractivity contribution in [2.24, 2.45) is 5.92 Å². The minimum atomic E-state index is 0.650. The fourth-order valence-corrected chi connectivity index (χ4v) is 5.61. The molecule has 0 bridgehead atoms. The lowest BCUT2D eigenvalue weighted by atomic mass is 9.89. The smallest absolute Gasteiger partial charge is 0.147 e. The maximum absolute atomic E-state index is 6.46. The van der Waals surface area contributed by atoms with Gasteiger partial charge in [0.2, 0.25) is 0 Å². The lowest BCUT2D eigenvalue weighted by Gasteiger charge is -2.16. The zero-order valence-electron chi connectivity index (χ0n) is 19.1. The van der Waals surface area contributed by atoms with E-state index in [1.54, 1.807) is 0 Å². The van der Waals surface area contributed by atoms with Gasteiger partial charge in [-0.25, -0.2) is 0 Å². The molecular formula is C32H26O2. The first-order valence-electron chi connectivity index (χ1n) is 12.3. The van der Waals surface area contributed by atoms with E-state index in [4.69, 9.17) is 8.83 Å². The molecule has 0 amide bonds. The van der Waals surface area contributed by atoms with Gasteiger partial charge in [-0.2, -0.15) is 0 Å². The molecule has 1 unspecified atom stereocenters. The van der Waals surface area contributed by atoms with Gasteiger partial charge in [-0.05, 0) is 91.1 Å². The number of fused-ring (bicyclic) bond motifs is 7. The number of rotatable bonds is 4. The van der Waals surface area contributed by atoms with Gasteiger partial charge in [-0.3, -0.25) is 0 Å². The van der Waals surface area contributed by atoms with Gasteiger partial charge < -0.3 is 8.83 Å².